The predicted octanol–water partition coefficient (Wildman–Crippen LogP) is 4.04. The lowest BCUT2D eigenvalue weighted by Gasteiger charge is -2.35. The van der Waals surface area contributed by atoms with Gasteiger partial charge in [-0.3, -0.25) is 4.79 Å². The number of piperidine rings is 1. The van der Waals surface area contributed by atoms with Crippen molar-refractivity contribution in [3.8, 4) is 16.9 Å². The van der Waals surface area contributed by atoms with Crippen LogP contribution in [0.4, 0.5) is 0 Å². The highest BCUT2D eigenvalue weighted by Gasteiger charge is 2.41. The van der Waals surface area contributed by atoms with Crippen molar-refractivity contribution in [2.24, 2.45) is 17.8 Å². The van der Waals surface area contributed by atoms with Crippen molar-refractivity contribution in [1.29, 1.82) is 0 Å². The van der Waals surface area contributed by atoms with Gasteiger partial charge in [0.15, 0.2) is 0 Å². The third kappa shape index (κ3) is 3.93. The SMILES string of the molecule is Cc1ccc(-c2c(O)cccc2CC(=O)OCC2C3CCC2CN(C)C3)cc1. The second-order valence-electron chi connectivity index (χ2n) is 8.52. The molecular weight excluding hydrogens is 350 g/mol. The van der Waals surface area contributed by atoms with Crippen LogP contribution in [0.2, 0.25) is 0 Å². The van der Waals surface area contributed by atoms with E-state index in [1.807, 2.05) is 37.3 Å². The number of fused-ring (bicyclic) bond motifs is 2. The van der Waals surface area contributed by atoms with Crippen LogP contribution in [0.25, 0.3) is 11.1 Å². The lowest BCUT2D eigenvalue weighted by Crippen LogP contribution is -2.41. The van der Waals surface area contributed by atoms with Gasteiger partial charge < -0.3 is 14.7 Å². The van der Waals surface area contributed by atoms with Gasteiger partial charge in [-0.15, -0.1) is 0 Å². The minimum absolute atomic E-state index is 0.180. The summed E-state index contributed by atoms with van der Waals surface area (Å²) in [7, 11) is 2.18. The van der Waals surface area contributed by atoms with E-state index in [2.05, 4.69) is 11.9 Å². The number of benzene rings is 2. The van der Waals surface area contributed by atoms with E-state index in [0.29, 0.717) is 24.4 Å². The van der Waals surface area contributed by atoms with Crippen molar-refractivity contribution in [1.82, 2.24) is 4.90 Å². The number of rotatable bonds is 5. The molecule has 0 radical (unpaired) electrons. The van der Waals surface area contributed by atoms with Crippen molar-refractivity contribution >= 4 is 5.97 Å². The van der Waals surface area contributed by atoms with Crippen molar-refractivity contribution in [2.45, 2.75) is 26.2 Å². The number of aryl methyl sites for hydroxylation is 1. The highest BCUT2D eigenvalue weighted by molar-refractivity contribution is 5.80. The monoisotopic (exact) mass is 379 g/mol. The maximum Gasteiger partial charge on any atom is 0.310 e. The molecule has 148 valence electrons. The van der Waals surface area contributed by atoms with Crippen molar-refractivity contribution in [3.05, 3.63) is 53.6 Å². The summed E-state index contributed by atoms with van der Waals surface area (Å²) in [6.45, 7) is 4.79. The quantitative estimate of drug-likeness (QED) is 0.797. The van der Waals surface area contributed by atoms with Crippen LogP contribution in [0.1, 0.15) is 24.0 Å². The van der Waals surface area contributed by atoms with Gasteiger partial charge >= 0.3 is 5.97 Å². The average Bonchev–Trinajstić information content (AvgIpc) is 2.90. The zero-order chi connectivity index (χ0) is 19.7. The van der Waals surface area contributed by atoms with Crippen LogP contribution < -0.4 is 0 Å². The van der Waals surface area contributed by atoms with Crippen LogP contribution in [0.5, 0.6) is 5.75 Å². The van der Waals surface area contributed by atoms with E-state index in [9.17, 15) is 9.90 Å². The lowest BCUT2D eigenvalue weighted by atomic mass is 9.86. The molecule has 1 heterocycles. The number of hydrogen-bond acceptors (Lipinski definition) is 4. The van der Waals surface area contributed by atoms with Crippen LogP contribution in [-0.2, 0) is 16.0 Å². The van der Waals surface area contributed by atoms with Gasteiger partial charge in [-0.25, -0.2) is 0 Å². The second-order valence-corrected chi connectivity index (χ2v) is 8.52. The molecule has 1 aliphatic carbocycles. The molecule has 2 unspecified atom stereocenters. The summed E-state index contributed by atoms with van der Waals surface area (Å²) in [5.41, 5.74) is 3.60. The first-order valence-corrected chi connectivity index (χ1v) is 10.2. The van der Waals surface area contributed by atoms with Gasteiger partial charge in [-0.2, -0.15) is 0 Å². The number of esters is 1. The predicted molar refractivity (Wildman–Crippen MR) is 110 cm³/mol. The van der Waals surface area contributed by atoms with E-state index in [1.54, 1.807) is 12.1 Å². The first-order chi connectivity index (χ1) is 13.5. The summed E-state index contributed by atoms with van der Waals surface area (Å²) in [5, 5.41) is 10.4. The molecule has 2 aromatic carbocycles. The Bertz CT molecular complexity index is 831. The van der Waals surface area contributed by atoms with Gasteiger partial charge in [-0.1, -0.05) is 42.0 Å². The zero-order valence-corrected chi connectivity index (χ0v) is 16.7. The molecule has 0 aromatic heterocycles. The summed E-state index contributed by atoms with van der Waals surface area (Å²) >= 11 is 0. The number of carbonyl (C=O) groups excluding carboxylic acids is 1. The highest BCUT2D eigenvalue weighted by Crippen LogP contribution is 2.41. The molecule has 1 saturated carbocycles. The Morgan fingerprint density at radius 3 is 2.46 bits per heavy atom. The van der Waals surface area contributed by atoms with Gasteiger partial charge in [0.25, 0.3) is 0 Å². The number of aromatic hydroxyl groups is 1. The molecule has 2 atom stereocenters. The molecule has 2 bridgehead atoms. The molecule has 2 aliphatic rings. The molecule has 1 N–H and O–H groups in total. The van der Waals surface area contributed by atoms with Crippen LogP contribution in [0.3, 0.4) is 0 Å². The molecule has 28 heavy (non-hydrogen) atoms. The van der Waals surface area contributed by atoms with Crippen LogP contribution >= 0.6 is 0 Å². The Hall–Kier alpha value is -2.33. The first kappa shape index (κ1) is 19.0. The Balaban J connectivity index is 1.44. The summed E-state index contributed by atoms with van der Waals surface area (Å²) in [5.74, 6) is 1.79. The zero-order valence-electron chi connectivity index (χ0n) is 16.7. The van der Waals surface area contributed by atoms with Gasteiger partial charge in [0.1, 0.15) is 5.75 Å². The van der Waals surface area contributed by atoms with Gasteiger partial charge in [0.2, 0.25) is 0 Å². The number of hydrogen-bond donors (Lipinski definition) is 1. The minimum atomic E-state index is -0.211. The molecule has 1 aliphatic heterocycles. The standard InChI is InChI=1S/C24H29NO3/c1-16-6-8-17(9-7-16)24-18(4-3-5-22(24)26)12-23(27)28-15-21-19-10-11-20(21)14-25(2)13-19/h3-9,19-21,26H,10-15H2,1-2H3. The minimum Gasteiger partial charge on any atom is -0.507 e. The number of likely N-dealkylation sites (tertiary alicyclic amines) is 1. The number of carbonyl (C=O) groups is 1. The lowest BCUT2D eigenvalue weighted by molar-refractivity contribution is -0.145. The molecule has 2 fully saturated rings. The molecule has 4 nitrogen and oxygen atoms in total. The Morgan fingerprint density at radius 2 is 1.79 bits per heavy atom. The van der Waals surface area contributed by atoms with E-state index in [4.69, 9.17) is 4.74 Å². The fraction of sp³-hybridized carbons (Fsp3) is 0.458. The fourth-order valence-corrected chi connectivity index (χ4v) is 5.03. The third-order valence-corrected chi connectivity index (χ3v) is 6.45. The molecule has 4 rings (SSSR count). The van der Waals surface area contributed by atoms with Crippen LogP contribution in [0.15, 0.2) is 42.5 Å². The van der Waals surface area contributed by atoms with E-state index >= 15 is 0 Å². The fourth-order valence-electron chi connectivity index (χ4n) is 5.03. The van der Waals surface area contributed by atoms with Gasteiger partial charge in [-0.05, 0) is 55.8 Å². The maximum atomic E-state index is 12.6. The normalized spacial score (nSPS) is 24.3. The molecule has 4 heteroatoms. The summed E-state index contributed by atoms with van der Waals surface area (Å²) in [6, 6.07) is 13.3. The Labute approximate surface area is 167 Å². The summed E-state index contributed by atoms with van der Waals surface area (Å²) < 4.78 is 5.71. The topological polar surface area (TPSA) is 49.8 Å². The molecule has 2 aromatic rings. The van der Waals surface area contributed by atoms with Crippen molar-refractivity contribution < 1.29 is 14.6 Å². The molecule has 1 saturated heterocycles. The van der Waals surface area contributed by atoms with Crippen molar-refractivity contribution in [3.63, 3.8) is 0 Å². The number of ether oxygens (including phenoxy) is 1. The second kappa shape index (κ2) is 7.96. The first-order valence-electron chi connectivity index (χ1n) is 10.2. The van der Waals surface area contributed by atoms with Crippen molar-refractivity contribution in [2.75, 3.05) is 26.7 Å². The van der Waals surface area contributed by atoms with Crippen LogP contribution in [-0.4, -0.2) is 42.7 Å². The van der Waals surface area contributed by atoms with Gasteiger partial charge in [0, 0.05) is 24.6 Å². The largest absolute Gasteiger partial charge is 0.507 e. The summed E-state index contributed by atoms with van der Waals surface area (Å²) in [6.07, 6.45) is 2.68. The Kier molecular flexibility index (Phi) is 5.40. The van der Waals surface area contributed by atoms with E-state index < -0.39 is 0 Å². The molecule has 0 amide bonds. The highest BCUT2D eigenvalue weighted by atomic mass is 16.5. The smallest absolute Gasteiger partial charge is 0.310 e. The maximum absolute atomic E-state index is 12.6. The van der Waals surface area contributed by atoms with E-state index in [1.165, 1.54) is 12.8 Å². The summed E-state index contributed by atoms with van der Waals surface area (Å²) in [4.78, 5) is 15.0. The number of phenolic OH excluding ortho intramolecular Hbond substituents is 1. The molecule has 0 spiro atoms. The van der Waals surface area contributed by atoms with E-state index in [-0.39, 0.29) is 18.1 Å². The van der Waals surface area contributed by atoms with Crippen LogP contribution in [0, 0.1) is 24.7 Å². The Morgan fingerprint density at radius 1 is 1.11 bits per heavy atom. The van der Waals surface area contributed by atoms with E-state index in [0.717, 1.165) is 35.3 Å². The third-order valence-electron chi connectivity index (χ3n) is 6.45. The average molecular weight is 380 g/mol. The number of phenols is 1. The van der Waals surface area contributed by atoms with Gasteiger partial charge in [0.05, 0.1) is 13.0 Å². The number of nitrogens with zero attached hydrogens (tertiary/aromatic N) is 1. The molecular formula is C24H29NO3.